The summed E-state index contributed by atoms with van der Waals surface area (Å²) in [6.45, 7) is 13.8. The summed E-state index contributed by atoms with van der Waals surface area (Å²) in [6.07, 6.45) is -0.0748. The van der Waals surface area contributed by atoms with E-state index in [0.29, 0.717) is 16.9 Å². The van der Waals surface area contributed by atoms with E-state index >= 15 is 0 Å². The summed E-state index contributed by atoms with van der Waals surface area (Å²) in [5.41, 5.74) is 0.969. The molecule has 27 heavy (non-hydrogen) atoms. The molecule has 0 saturated heterocycles. The van der Waals surface area contributed by atoms with Gasteiger partial charge in [-0.15, -0.1) is 0 Å². The van der Waals surface area contributed by atoms with Crippen molar-refractivity contribution in [3.8, 4) is 0 Å². The van der Waals surface area contributed by atoms with Gasteiger partial charge >= 0.3 is 0 Å². The van der Waals surface area contributed by atoms with Crippen LogP contribution in [0.5, 0.6) is 0 Å². The predicted octanol–water partition coefficient (Wildman–Crippen LogP) is 5.37. The van der Waals surface area contributed by atoms with E-state index in [-0.39, 0.29) is 34.7 Å². The van der Waals surface area contributed by atoms with Gasteiger partial charge in [-0.25, -0.2) is 4.39 Å². The van der Waals surface area contributed by atoms with Crippen LogP contribution in [0.25, 0.3) is 0 Å². The molecule has 4 nitrogen and oxygen atoms in total. The van der Waals surface area contributed by atoms with Crippen LogP contribution in [-0.2, 0) is 20.6 Å². The fourth-order valence-corrected chi connectivity index (χ4v) is 3.61. The van der Waals surface area contributed by atoms with Gasteiger partial charge in [0.15, 0.2) is 5.78 Å². The quantitative estimate of drug-likeness (QED) is 0.371. The molecule has 0 bridgehead atoms. The van der Waals surface area contributed by atoms with Crippen molar-refractivity contribution < 1.29 is 18.4 Å². The van der Waals surface area contributed by atoms with Gasteiger partial charge in [0, 0.05) is 17.1 Å². The first kappa shape index (κ1) is 23.4. The Labute approximate surface area is 167 Å². The summed E-state index contributed by atoms with van der Waals surface area (Å²) in [5.74, 6) is -0.445. The number of Topliss-reactive ketones (excluding diaryl/α,β-unsaturated/α-hetero) is 1. The van der Waals surface area contributed by atoms with E-state index in [2.05, 4.69) is 39.2 Å². The monoisotopic (exact) mass is 413 g/mol. The van der Waals surface area contributed by atoms with Crippen molar-refractivity contribution in [2.24, 2.45) is 0 Å². The lowest BCUT2D eigenvalue weighted by molar-refractivity contribution is -0.122. The standard InChI is InChI=1S/C20H29ClFNO3Si/c1-13(24)17(14(2)26-27(6,7)20(3,4)5)11-19(25)23-12-15-8-9-16(22)10-18(15)21/h8-10H,11-12H2,1-7H3,(H,23,25). The molecule has 1 aromatic carbocycles. The average Bonchev–Trinajstić information content (AvgIpc) is 2.49. The van der Waals surface area contributed by atoms with Gasteiger partial charge in [-0.2, -0.15) is 0 Å². The number of carbonyl (C=O) groups excluding carboxylic acids is 2. The highest BCUT2D eigenvalue weighted by atomic mass is 35.5. The summed E-state index contributed by atoms with van der Waals surface area (Å²) in [7, 11) is -2.11. The van der Waals surface area contributed by atoms with Gasteiger partial charge < -0.3 is 9.74 Å². The number of rotatable bonds is 7. The van der Waals surface area contributed by atoms with Crippen LogP contribution < -0.4 is 5.32 Å². The molecular weight excluding hydrogens is 385 g/mol. The molecule has 0 spiro atoms. The Morgan fingerprint density at radius 1 is 1.22 bits per heavy atom. The number of hydrogen-bond donors (Lipinski definition) is 1. The summed E-state index contributed by atoms with van der Waals surface area (Å²) >= 11 is 5.96. The van der Waals surface area contributed by atoms with Crippen LogP contribution >= 0.6 is 11.6 Å². The lowest BCUT2D eigenvalue weighted by Gasteiger charge is -2.37. The third kappa shape index (κ3) is 6.77. The number of ketones is 1. The van der Waals surface area contributed by atoms with Gasteiger partial charge in [0.25, 0.3) is 0 Å². The van der Waals surface area contributed by atoms with Crippen LogP contribution in [-0.4, -0.2) is 20.0 Å². The normalized spacial score (nSPS) is 13.1. The highest BCUT2D eigenvalue weighted by Crippen LogP contribution is 2.38. The molecular formula is C20H29ClFNO3Si. The third-order valence-electron chi connectivity index (χ3n) is 4.89. The molecule has 7 heteroatoms. The van der Waals surface area contributed by atoms with E-state index in [1.165, 1.54) is 25.1 Å². The maximum absolute atomic E-state index is 13.1. The van der Waals surface area contributed by atoms with Gasteiger partial charge in [-0.1, -0.05) is 38.4 Å². The van der Waals surface area contributed by atoms with Gasteiger partial charge in [0.2, 0.25) is 14.2 Å². The van der Waals surface area contributed by atoms with Crippen molar-refractivity contribution in [2.45, 2.75) is 65.7 Å². The zero-order valence-electron chi connectivity index (χ0n) is 17.1. The maximum Gasteiger partial charge on any atom is 0.250 e. The zero-order valence-corrected chi connectivity index (χ0v) is 18.9. The molecule has 0 aliphatic rings. The first-order chi connectivity index (χ1) is 12.2. The molecule has 1 N–H and O–H groups in total. The van der Waals surface area contributed by atoms with Crippen LogP contribution in [0.2, 0.25) is 23.2 Å². The van der Waals surface area contributed by atoms with E-state index in [1.807, 2.05) is 0 Å². The topological polar surface area (TPSA) is 55.4 Å². The van der Waals surface area contributed by atoms with Gasteiger partial charge in [-0.05, 0) is 49.7 Å². The number of nitrogens with one attached hydrogen (secondary N) is 1. The predicted molar refractivity (Wildman–Crippen MR) is 110 cm³/mol. The number of amides is 1. The largest absolute Gasteiger partial charge is 0.546 e. The van der Waals surface area contributed by atoms with Gasteiger partial charge in [-0.3, -0.25) is 9.59 Å². The van der Waals surface area contributed by atoms with Gasteiger partial charge in [0.05, 0.1) is 12.2 Å². The molecule has 0 unspecified atom stereocenters. The van der Waals surface area contributed by atoms with E-state index in [1.54, 1.807) is 6.92 Å². The van der Waals surface area contributed by atoms with Crippen molar-refractivity contribution in [1.29, 1.82) is 0 Å². The van der Waals surface area contributed by atoms with Gasteiger partial charge in [0.1, 0.15) is 5.82 Å². The first-order valence-electron chi connectivity index (χ1n) is 8.85. The summed E-state index contributed by atoms with van der Waals surface area (Å²) < 4.78 is 19.3. The molecule has 0 aromatic heterocycles. The van der Waals surface area contributed by atoms with Crippen LogP contribution in [0.1, 0.15) is 46.6 Å². The Morgan fingerprint density at radius 3 is 2.30 bits per heavy atom. The molecule has 0 radical (unpaired) electrons. The Hall–Kier alpha value is -1.66. The molecule has 1 amide bonds. The third-order valence-corrected chi connectivity index (χ3v) is 9.67. The second-order valence-corrected chi connectivity index (χ2v) is 13.3. The fraction of sp³-hybridized carbons (Fsp3) is 0.500. The Kier molecular flexibility index (Phi) is 7.81. The minimum Gasteiger partial charge on any atom is -0.546 e. The van der Waals surface area contributed by atoms with Crippen molar-refractivity contribution in [1.82, 2.24) is 5.32 Å². The van der Waals surface area contributed by atoms with Crippen molar-refractivity contribution in [3.05, 3.63) is 45.9 Å². The Morgan fingerprint density at radius 2 is 1.81 bits per heavy atom. The van der Waals surface area contributed by atoms with Crippen LogP contribution in [0.4, 0.5) is 4.39 Å². The lowest BCUT2D eigenvalue weighted by atomic mass is 10.1. The number of halogens is 2. The average molecular weight is 414 g/mol. The Bertz CT molecular complexity index is 754. The van der Waals surface area contributed by atoms with Crippen molar-refractivity contribution in [2.75, 3.05) is 0 Å². The molecule has 0 fully saturated rings. The maximum atomic E-state index is 13.1. The molecule has 150 valence electrons. The number of allylic oxidation sites excluding steroid dienone is 1. The molecule has 0 saturated carbocycles. The summed E-state index contributed by atoms with van der Waals surface area (Å²) in [5, 5.41) is 2.95. The minimum absolute atomic E-state index is 0.0161. The number of benzene rings is 1. The molecule has 1 aromatic rings. The van der Waals surface area contributed by atoms with E-state index in [0.717, 1.165) is 0 Å². The molecule has 0 heterocycles. The zero-order chi connectivity index (χ0) is 21.0. The molecule has 1 rings (SSSR count). The van der Waals surface area contributed by atoms with Crippen LogP contribution in [0.3, 0.4) is 0 Å². The number of hydrogen-bond acceptors (Lipinski definition) is 3. The summed E-state index contributed by atoms with van der Waals surface area (Å²) in [4.78, 5) is 24.4. The van der Waals surface area contributed by atoms with E-state index < -0.39 is 14.1 Å². The first-order valence-corrected chi connectivity index (χ1v) is 12.1. The van der Waals surface area contributed by atoms with Crippen molar-refractivity contribution >= 4 is 31.6 Å². The summed E-state index contributed by atoms with van der Waals surface area (Å²) in [6, 6.07) is 4.00. The van der Waals surface area contributed by atoms with E-state index in [9.17, 15) is 14.0 Å². The second kappa shape index (κ2) is 9.02. The van der Waals surface area contributed by atoms with Crippen LogP contribution in [0.15, 0.2) is 29.5 Å². The lowest BCUT2D eigenvalue weighted by Crippen LogP contribution is -2.40. The van der Waals surface area contributed by atoms with Crippen molar-refractivity contribution in [3.63, 3.8) is 0 Å². The SMILES string of the molecule is CC(=O)C(CC(=O)NCc1ccc(F)cc1Cl)=C(C)O[Si](C)(C)C(C)(C)C. The Balaban J connectivity index is 2.86. The fourth-order valence-electron chi connectivity index (χ4n) is 2.18. The second-order valence-electron chi connectivity index (χ2n) is 8.14. The highest BCUT2D eigenvalue weighted by Gasteiger charge is 2.39. The van der Waals surface area contributed by atoms with Crippen LogP contribution in [0, 0.1) is 5.82 Å². The molecule has 0 aliphatic carbocycles. The van der Waals surface area contributed by atoms with E-state index in [4.69, 9.17) is 16.0 Å². The molecule has 0 aliphatic heterocycles. The molecule has 0 atom stereocenters. The smallest absolute Gasteiger partial charge is 0.250 e. The minimum atomic E-state index is -2.11. The highest BCUT2D eigenvalue weighted by molar-refractivity contribution is 6.74. The number of carbonyl (C=O) groups is 2.